The van der Waals surface area contributed by atoms with Crippen molar-refractivity contribution in [3.63, 3.8) is 0 Å². The number of β-amino-alcohol motifs (C(OH)–C–C–N with tert-alkyl or cyclic N) is 1. The number of benzene rings is 3. The number of aliphatic hydroxyl groups is 1. The largest absolute Gasteiger partial charge is 0.507 e. The van der Waals surface area contributed by atoms with Gasteiger partial charge >= 0.3 is 6.09 Å². The summed E-state index contributed by atoms with van der Waals surface area (Å²) >= 11 is 6.51. The Morgan fingerprint density at radius 3 is 2.55 bits per heavy atom. The molecule has 0 radical (unpaired) electrons. The fourth-order valence-electron chi connectivity index (χ4n) is 6.86. The highest BCUT2D eigenvalue weighted by molar-refractivity contribution is 6.33. The van der Waals surface area contributed by atoms with Gasteiger partial charge in [-0.15, -0.1) is 0 Å². The Kier molecular flexibility index (Phi) is 8.64. The number of hydrogen-bond donors (Lipinski definition) is 4. The molecule has 2 aliphatic heterocycles. The minimum Gasteiger partial charge on any atom is -0.507 e. The van der Waals surface area contributed by atoms with Crippen LogP contribution in [0, 0.1) is 0 Å². The molecule has 0 spiro atoms. The number of amides is 1. The van der Waals surface area contributed by atoms with Gasteiger partial charge in [0.2, 0.25) is 0 Å². The number of rotatable bonds is 6. The van der Waals surface area contributed by atoms with Gasteiger partial charge in [0.15, 0.2) is 5.43 Å². The van der Waals surface area contributed by atoms with Crippen LogP contribution in [0.15, 0.2) is 75.9 Å². The molecule has 4 N–H and O–H groups in total. The first-order valence-electron chi connectivity index (χ1n) is 15.0. The van der Waals surface area contributed by atoms with Gasteiger partial charge in [0.25, 0.3) is 0 Å². The highest BCUT2D eigenvalue weighted by Crippen LogP contribution is 2.45. The lowest BCUT2D eigenvalue weighted by molar-refractivity contribution is 0.0625. The summed E-state index contributed by atoms with van der Waals surface area (Å²) < 4.78 is 6.51. The van der Waals surface area contributed by atoms with Crippen LogP contribution in [0.5, 0.6) is 5.75 Å². The van der Waals surface area contributed by atoms with Gasteiger partial charge in [-0.2, -0.15) is 0 Å². The zero-order valence-electron chi connectivity index (χ0n) is 24.4. The van der Waals surface area contributed by atoms with Crippen LogP contribution in [0.4, 0.5) is 4.79 Å². The minimum atomic E-state index is -1.10. The molecule has 3 heterocycles. The number of nitrogens with zero attached hydrogens (tertiary/aromatic N) is 2. The van der Waals surface area contributed by atoms with E-state index in [4.69, 9.17) is 16.0 Å². The van der Waals surface area contributed by atoms with E-state index in [0.29, 0.717) is 59.8 Å². The maximum absolute atomic E-state index is 13.7. The molecule has 9 nitrogen and oxygen atoms in total. The lowest BCUT2D eigenvalue weighted by Crippen LogP contribution is -2.50. The van der Waals surface area contributed by atoms with Gasteiger partial charge in [-0.05, 0) is 68.7 Å². The van der Waals surface area contributed by atoms with E-state index in [0.717, 1.165) is 13.0 Å². The zero-order valence-corrected chi connectivity index (χ0v) is 25.2. The van der Waals surface area contributed by atoms with E-state index >= 15 is 0 Å². The van der Waals surface area contributed by atoms with Crippen molar-refractivity contribution in [3.8, 4) is 17.1 Å². The van der Waals surface area contributed by atoms with Gasteiger partial charge in [0, 0.05) is 42.2 Å². The maximum Gasteiger partial charge on any atom is 0.408 e. The molecule has 2 unspecified atom stereocenters. The van der Waals surface area contributed by atoms with Crippen LogP contribution in [0.1, 0.15) is 47.9 Å². The second-order valence-corrected chi connectivity index (χ2v) is 12.2. The van der Waals surface area contributed by atoms with Crippen LogP contribution in [-0.4, -0.2) is 76.6 Å². The van der Waals surface area contributed by atoms with Crippen molar-refractivity contribution in [2.45, 2.75) is 43.4 Å². The quantitative estimate of drug-likeness (QED) is 0.226. The SMILES string of the molecule is CN1CC[C@H](c2c(C(c3ccccc3)N(C(=O)O)C3CCCNC3)cc(O)c3c(=O)cc(-c4ccccc4Cl)oc23)[C@H](O)C1. The van der Waals surface area contributed by atoms with E-state index in [-0.39, 0.29) is 28.5 Å². The van der Waals surface area contributed by atoms with E-state index in [2.05, 4.69) is 5.32 Å². The lowest BCUT2D eigenvalue weighted by atomic mass is 9.79. The van der Waals surface area contributed by atoms with Crippen LogP contribution in [-0.2, 0) is 0 Å². The number of nitrogens with one attached hydrogen (secondary N) is 1. The normalized spacial score (nSPS) is 21.7. The average molecular weight is 618 g/mol. The van der Waals surface area contributed by atoms with Crippen LogP contribution in [0.2, 0.25) is 5.02 Å². The Morgan fingerprint density at radius 2 is 1.86 bits per heavy atom. The molecule has 1 aromatic heterocycles. The first kappa shape index (κ1) is 30.1. The Labute approximate surface area is 260 Å². The molecule has 0 bridgehead atoms. The third kappa shape index (κ3) is 5.68. The van der Waals surface area contributed by atoms with E-state index in [1.165, 1.54) is 17.0 Å². The van der Waals surface area contributed by atoms with Gasteiger partial charge in [0.1, 0.15) is 22.5 Å². The fourth-order valence-corrected chi connectivity index (χ4v) is 7.09. The molecule has 3 aromatic carbocycles. The highest BCUT2D eigenvalue weighted by Gasteiger charge is 2.40. The number of fused-ring (bicyclic) bond motifs is 1. The first-order chi connectivity index (χ1) is 21.2. The third-order valence-corrected chi connectivity index (χ3v) is 9.25. The van der Waals surface area contributed by atoms with E-state index in [9.17, 15) is 24.9 Å². The third-order valence-electron chi connectivity index (χ3n) is 8.92. The number of aliphatic hydroxyl groups excluding tert-OH is 1. The minimum absolute atomic E-state index is 0.0151. The Morgan fingerprint density at radius 1 is 1.11 bits per heavy atom. The Hall–Kier alpha value is -3.89. The number of aromatic hydroxyl groups is 1. The van der Waals surface area contributed by atoms with Crippen molar-refractivity contribution in [2.24, 2.45) is 0 Å². The molecule has 44 heavy (non-hydrogen) atoms. The summed E-state index contributed by atoms with van der Waals surface area (Å²) in [5.74, 6) is -0.593. The number of likely N-dealkylation sites (tertiary alicyclic amines) is 1. The molecular weight excluding hydrogens is 582 g/mol. The van der Waals surface area contributed by atoms with Crippen molar-refractivity contribution in [2.75, 3.05) is 33.2 Å². The number of carbonyl (C=O) groups is 1. The molecule has 4 aromatic rings. The number of piperidine rings is 2. The summed E-state index contributed by atoms with van der Waals surface area (Å²) in [7, 11) is 1.93. The number of halogens is 1. The van der Waals surface area contributed by atoms with Crippen LogP contribution < -0.4 is 10.7 Å². The van der Waals surface area contributed by atoms with Gasteiger partial charge in [0.05, 0.1) is 17.2 Å². The summed E-state index contributed by atoms with van der Waals surface area (Å²) in [6.45, 7) is 2.34. The topological polar surface area (TPSA) is 126 Å². The van der Waals surface area contributed by atoms with Gasteiger partial charge < -0.3 is 30.0 Å². The summed E-state index contributed by atoms with van der Waals surface area (Å²) in [6.07, 6.45) is 0.0774. The van der Waals surface area contributed by atoms with Crippen LogP contribution >= 0.6 is 11.6 Å². The lowest BCUT2D eigenvalue weighted by Gasteiger charge is -2.41. The predicted molar refractivity (Wildman–Crippen MR) is 169 cm³/mol. The number of hydrogen-bond acceptors (Lipinski definition) is 7. The molecule has 2 fully saturated rings. The molecule has 4 atom stereocenters. The van der Waals surface area contributed by atoms with Crippen LogP contribution in [0.3, 0.4) is 0 Å². The standard InChI is InChI=1S/C34H36ClN3O6/c1-37-15-13-23(28(41)19-37)30-24(32(20-8-3-2-4-9-20)38(34(42)43)21-10-7-14-36-18-21)16-26(39)31-27(40)17-29(44-33(30)31)22-11-5-6-12-25(22)35/h2-6,8-9,11-12,16-17,21,23,28,32,36,39,41H,7,10,13-15,18-19H2,1H3,(H,42,43)/t21?,23-,28+,32?/m0/s1. The maximum atomic E-state index is 13.7. The number of phenols is 1. The fraction of sp³-hybridized carbons (Fsp3) is 0.353. The number of phenolic OH excluding ortho intramolecular Hbond substituents is 1. The van der Waals surface area contributed by atoms with Gasteiger partial charge in [-0.1, -0.05) is 54.1 Å². The molecular formula is C34H36ClN3O6. The van der Waals surface area contributed by atoms with Crippen molar-refractivity contribution in [3.05, 3.63) is 98.7 Å². The number of carboxylic acid groups (broad SMARTS) is 1. The van der Waals surface area contributed by atoms with Crippen molar-refractivity contribution in [1.82, 2.24) is 15.1 Å². The molecule has 0 saturated carbocycles. The van der Waals surface area contributed by atoms with E-state index in [1.54, 1.807) is 24.3 Å². The van der Waals surface area contributed by atoms with Gasteiger partial charge in [-0.3, -0.25) is 9.69 Å². The first-order valence-corrected chi connectivity index (χ1v) is 15.3. The predicted octanol–water partition coefficient (Wildman–Crippen LogP) is 5.42. The van der Waals surface area contributed by atoms with E-state index < -0.39 is 29.6 Å². The van der Waals surface area contributed by atoms with Gasteiger partial charge in [-0.25, -0.2) is 4.79 Å². The summed E-state index contributed by atoms with van der Waals surface area (Å²) in [5.41, 5.74) is 1.87. The summed E-state index contributed by atoms with van der Waals surface area (Å²) in [4.78, 5) is 30.3. The highest BCUT2D eigenvalue weighted by atomic mass is 35.5. The van der Waals surface area contributed by atoms with Crippen molar-refractivity contribution < 1.29 is 24.5 Å². The molecule has 1 amide bonds. The van der Waals surface area contributed by atoms with Crippen molar-refractivity contribution in [1.29, 1.82) is 0 Å². The Bertz CT molecular complexity index is 1720. The zero-order chi connectivity index (χ0) is 31.0. The molecule has 230 valence electrons. The summed E-state index contributed by atoms with van der Waals surface area (Å²) in [6, 6.07) is 17.9. The second kappa shape index (κ2) is 12.6. The molecule has 0 aliphatic carbocycles. The Balaban J connectivity index is 1.69. The average Bonchev–Trinajstić information content (AvgIpc) is 3.01. The monoisotopic (exact) mass is 617 g/mol. The number of likely N-dealkylation sites (N-methyl/N-ethyl adjacent to an activating group) is 1. The molecule has 2 saturated heterocycles. The molecule has 6 rings (SSSR count). The van der Waals surface area contributed by atoms with E-state index in [1.807, 2.05) is 42.3 Å². The second-order valence-electron chi connectivity index (χ2n) is 11.8. The summed E-state index contributed by atoms with van der Waals surface area (Å²) in [5, 5.41) is 37.4. The molecule has 2 aliphatic rings. The van der Waals surface area contributed by atoms with Crippen molar-refractivity contribution >= 4 is 28.7 Å². The van der Waals surface area contributed by atoms with Crippen LogP contribution in [0.25, 0.3) is 22.3 Å². The molecule has 10 heteroatoms. The smallest absolute Gasteiger partial charge is 0.408 e.